The summed E-state index contributed by atoms with van der Waals surface area (Å²) in [6, 6.07) is 22.7. The Morgan fingerprint density at radius 1 is 0.667 bits per heavy atom. The van der Waals surface area contributed by atoms with Crippen LogP contribution in [0.3, 0.4) is 0 Å². The van der Waals surface area contributed by atoms with Gasteiger partial charge in [0.2, 0.25) is 0 Å². The van der Waals surface area contributed by atoms with Gasteiger partial charge in [-0.2, -0.15) is 0 Å². The van der Waals surface area contributed by atoms with Gasteiger partial charge in [-0.15, -0.1) is 0 Å². The van der Waals surface area contributed by atoms with Gasteiger partial charge >= 0.3 is 0 Å². The maximum Gasteiger partial charge on any atom is 0.269 e. The maximum absolute atomic E-state index is 13.2. The van der Waals surface area contributed by atoms with Crippen molar-refractivity contribution in [3.63, 3.8) is 0 Å². The molecule has 0 unspecified atom stereocenters. The van der Waals surface area contributed by atoms with Crippen molar-refractivity contribution in [3.05, 3.63) is 117 Å². The molecule has 0 atom stereocenters. The molecule has 4 aromatic carbocycles. The van der Waals surface area contributed by atoms with Crippen molar-refractivity contribution < 1.29 is 24.0 Å². The van der Waals surface area contributed by atoms with Gasteiger partial charge in [0.1, 0.15) is 23.0 Å². The second-order valence-electron chi connectivity index (χ2n) is 8.35. The van der Waals surface area contributed by atoms with Gasteiger partial charge in [-0.05, 0) is 79.6 Å². The zero-order valence-electron chi connectivity index (χ0n) is 19.4. The van der Waals surface area contributed by atoms with Crippen LogP contribution < -0.4 is 14.4 Å². The molecule has 0 bridgehead atoms. The van der Waals surface area contributed by atoms with Crippen LogP contribution in [0.25, 0.3) is 0 Å². The van der Waals surface area contributed by atoms with E-state index in [2.05, 4.69) is 0 Å². The highest BCUT2D eigenvalue weighted by molar-refractivity contribution is 6.34. The first-order valence-electron chi connectivity index (χ1n) is 11.1. The lowest BCUT2D eigenvalue weighted by Gasteiger charge is -2.15. The monoisotopic (exact) mass is 480 g/mol. The number of hydrogen-bond donors (Lipinski definition) is 0. The van der Waals surface area contributed by atoms with Crippen LogP contribution >= 0.6 is 0 Å². The van der Waals surface area contributed by atoms with E-state index in [9.17, 15) is 19.7 Å². The number of nitrogens with zero attached hydrogens (tertiary/aromatic N) is 2. The Kier molecular flexibility index (Phi) is 5.69. The average Bonchev–Trinajstić information content (AvgIpc) is 3.11. The van der Waals surface area contributed by atoms with E-state index in [-0.39, 0.29) is 16.8 Å². The lowest BCUT2D eigenvalue weighted by atomic mass is 10.1. The predicted molar refractivity (Wildman–Crippen MR) is 133 cm³/mol. The minimum absolute atomic E-state index is 0.0588. The Balaban J connectivity index is 1.38. The quantitative estimate of drug-likeness (QED) is 0.175. The highest BCUT2D eigenvalue weighted by atomic mass is 16.6. The zero-order valence-corrected chi connectivity index (χ0v) is 19.4. The van der Waals surface area contributed by atoms with Crippen molar-refractivity contribution >= 4 is 23.2 Å². The summed E-state index contributed by atoms with van der Waals surface area (Å²) < 4.78 is 11.7. The molecule has 5 rings (SSSR count). The largest absolute Gasteiger partial charge is 0.457 e. The fourth-order valence-corrected chi connectivity index (χ4v) is 3.89. The van der Waals surface area contributed by atoms with Crippen molar-refractivity contribution in [2.45, 2.75) is 13.8 Å². The first-order chi connectivity index (χ1) is 17.3. The molecule has 36 heavy (non-hydrogen) atoms. The van der Waals surface area contributed by atoms with Crippen molar-refractivity contribution in [1.29, 1.82) is 0 Å². The van der Waals surface area contributed by atoms with E-state index in [1.165, 1.54) is 36.4 Å². The second kappa shape index (κ2) is 8.99. The lowest BCUT2D eigenvalue weighted by molar-refractivity contribution is -0.384. The first-order valence-corrected chi connectivity index (χ1v) is 11.1. The number of nitro benzene ring substituents is 1. The Bertz CT molecular complexity index is 1530. The Labute approximate surface area is 206 Å². The second-order valence-corrected chi connectivity index (χ2v) is 8.35. The number of aryl methyl sites for hydroxylation is 2. The predicted octanol–water partition coefficient (Wildman–Crippen LogP) is 6.60. The van der Waals surface area contributed by atoms with E-state index < -0.39 is 16.7 Å². The van der Waals surface area contributed by atoms with Crippen molar-refractivity contribution in [1.82, 2.24) is 0 Å². The molecule has 0 saturated heterocycles. The molecule has 1 heterocycles. The van der Waals surface area contributed by atoms with Gasteiger partial charge < -0.3 is 9.47 Å². The molecule has 8 nitrogen and oxygen atoms in total. The van der Waals surface area contributed by atoms with Crippen LogP contribution in [0.5, 0.6) is 23.0 Å². The van der Waals surface area contributed by atoms with Crippen LogP contribution in [0, 0.1) is 24.0 Å². The van der Waals surface area contributed by atoms with E-state index in [1.807, 2.05) is 32.0 Å². The van der Waals surface area contributed by atoms with Gasteiger partial charge in [0.15, 0.2) is 0 Å². The van der Waals surface area contributed by atoms with Crippen LogP contribution in [0.15, 0.2) is 84.9 Å². The maximum atomic E-state index is 13.2. The van der Waals surface area contributed by atoms with Crippen LogP contribution in [0.1, 0.15) is 31.8 Å². The summed E-state index contributed by atoms with van der Waals surface area (Å²) in [5.41, 5.74) is 3.04. The van der Waals surface area contributed by atoms with Gasteiger partial charge in [-0.1, -0.05) is 12.1 Å². The fourth-order valence-electron chi connectivity index (χ4n) is 3.89. The van der Waals surface area contributed by atoms with Gasteiger partial charge in [0.25, 0.3) is 17.5 Å². The number of benzene rings is 4. The van der Waals surface area contributed by atoms with Gasteiger partial charge in [0.05, 0.1) is 21.7 Å². The molecular formula is C28H20N2O6. The average molecular weight is 480 g/mol. The third kappa shape index (κ3) is 4.27. The van der Waals surface area contributed by atoms with E-state index >= 15 is 0 Å². The number of carbonyl (C=O) groups is 2. The molecule has 1 aliphatic rings. The standard InChI is InChI=1S/C28H20N2O6/c1-17-6-9-23(14-18(17)2)36-22-5-3-4-20(15-22)29-27(31)25-13-12-24(16-26(25)28(29)32)35-21-10-7-19(8-11-21)30(33)34/h3-16H,1-2H3. The van der Waals surface area contributed by atoms with Crippen molar-refractivity contribution in [3.8, 4) is 23.0 Å². The van der Waals surface area contributed by atoms with Gasteiger partial charge in [0, 0.05) is 18.2 Å². The molecule has 0 N–H and O–H groups in total. The molecule has 4 aromatic rings. The number of ether oxygens (including phenoxy) is 2. The third-order valence-corrected chi connectivity index (χ3v) is 5.93. The molecule has 0 aromatic heterocycles. The number of fused-ring (bicyclic) bond motifs is 1. The smallest absolute Gasteiger partial charge is 0.269 e. The SMILES string of the molecule is Cc1ccc(Oc2cccc(N3C(=O)c4ccc(Oc5ccc([N+](=O)[O-])cc5)cc4C3=O)c2)cc1C. The molecule has 0 saturated carbocycles. The summed E-state index contributed by atoms with van der Waals surface area (Å²) in [5.74, 6) is 0.927. The molecule has 0 spiro atoms. The van der Waals surface area contributed by atoms with E-state index in [4.69, 9.17) is 9.47 Å². The fraction of sp³-hybridized carbons (Fsp3) is 0.0714. The molecular weight excluding hydrogens is 460 g/mol. The summed E-state index contributed by atoms with van der Waals surface area (Å²) in [5, 5.41) is 10.8. The van der Waals surface area contributed by atoms with Crippen LogP contribution in [0.4, 0.5) is 11.4 Å². The third-order valence-electron chi connectivity index (χ3n) is 5.93. The molecule has 0 aliphatic carbocycles. The minimum Gasteiger partial charge on any atom is -0.457 e. The Hall–Kier alpha value is -4.98. The van der Waals surface area contributed by atoms with Gasteiger partial charge in [-0.3, -0.25) is 19.7 Å². The number of amides is 2. The summed E-state index contributed by atoms with van der Waals surface area (Å²) in [4.78, 5) is 37.7. The number of anilines is 1. The minimum atomic E-state index is -0.500. The van der Waals surface area contributed by atoms with Crippen LogP contribution in [0.2, 0.25) is 0 Å². The first kappa shape index (κ1) is 22.8. The number of rotatable bonds is 6. The van der Waals surface area contributed by atoms with E-state index in [0.717, 1.165) is 16.0 Å². The molecule has 1 aliphatic heterocycles. The topological polar surface area (TPSA) is 99.0 Å². The van der Waals surface area contributed by atoms with Crippen molar-refractivity contribution in [2.24, 2.45) is 0 Å². The normalized spacial score (nSPS) is 12.4. The number of nitro groups is 1. The number of non-ortho nitro benzene ring substituents is 1. The molecule has 0 radical (unpaired) electrons. The van der Waals surface area contributed by atoms with E-state index in [1.54, 1.807) is 30.3 Å². The lowest BCUT2D eigenvalue weighted by Crippen LogP contribution is -2.29. The van der Waals surface area contributed by atoms with Crippen LogP contribution in [-0.2, 0) is 0 Å². The van der Waals surface area contributed by atoms with Crippen molar-refractivity contribution in [2.75, 3.05) is 4.90 Å². The highest BCUT2D eigenvalue weighted by Crippen LogP contribution is 2.35. The number of carbonyl (C=O) groups excluding carboxylic acids is 2. The Morgan fingerprint density at radius 2 is 1.28 bits per heavy atom. The highest BCUT2D eigenvalue weighted by Gasteiger charge is 2.37. The summed E-state index contributed by atoms with van der Waals surface area (Å²) in [6.07, 6.45) is 0. The molecule has 8 heteroatoms. The molecule has 2 amide bonds. The number of imide groups is 1. The van der Waals surface area contributed by atoms with Crippen LogP contribution in [-0.4, -0.2) is 16.7 Å². The zero-order chi connectivity index (χ0) is 25.4. The molecule has 178 valence electrons. The van der Waals surface area contributed by atoms with Gasteiger partial charge in [-0.25, -0.2) is 4.90 Å². The summed E-state index contributed by atoms with van der Waals surface area (Å²) in [6.45, 7) is 4.02. The Morgan fingerprint density at radius 3 is 2.00 bits per heavy atom. The summed E-state index contributed by atoms with van der Waals surface area (Å²) in [7, 11) is 0. The van der Waals surface area contributed by atoms with E-state index in [0.29, 0.717) is 28.7 Å². The summed E-state index contributed by atoms with van der Waals surface area (Å²) >= 11 is 0. The molecule has 0 fully saturated rings. The number of hydrogen-bond acceptors (Lipinski definition) is 6.